The Labute approximate surface area is 145 Å². The maximum absolute atomic E-state index is 12.8. The van der Waals surface area contributed by atoms with Gasteiger partial charge in [-0.3, -0.25) is 14.9 Å². The van der Waals surface area contributed by atoms with Crippen LogP contribution in [0.15, 0.2) is 49.2 Å². The summed E-state index contributed by atoms with van der Waals surface area (Å²) in [7, 11) is 0. The standard InChI is InChI=1S/C18H18N6O/c25-18(17-9-16(22-23-17)13-3-1-6-19-10-13)24-8-2-4-14(11-24)15-5-7-20-12-21-15/h1,3,5-7,9-10,12,14H,2,4,8,11H2,(H,22,23). The highest BCUT2D eigenvalue weighted by Crippen LogP contribution is 2.26. The van der Waals surface area contributed by atoms with Gasteiger partial charge in [0.1, 0.15) is 12.0 Å². The Morgan fingerprint density at radius 2 is 2.20 bits per heavy atom. The van der Waals surface area contributed by atoms with Gasteiger partial charge >= 0.3 is 0 Å². The molecule has 0 aromatic carbocycles. The van der Waals surface area contributed by atoms with Gasteiger partial charge in [-0.25, -0.2) is 9.97 Å². The van der Waals surface area contributed by atoms with Crippen LogP contribution in [-0.2, 0) is 0 Å². The first kappa shape index (κ1) is 15.4. The summed E-state index contributed by atoms with van der Waals surface area (Å²) in [5, 5.41) is 7.11. The molecule has 1 unspecified atom stereocenters. The fourth-order valence-corrected chi connectivity index (χ4v) is 3.21. The minimum Gasteiger partial charge on any atom is -0.337 e. The summed E-state index contributed by atoms with van der Waals surface area (Å²) in [6.45, 7) is 1.42. The number of H-pyrrole nitrogens is 1. The molecule has 4 heterocycles. The number of pyridine rings is 1. The summed E-state index contributed by atoms with van der Waals surface area (Å²) < 4.78 is 0. The van der Waals surface area contributed by atoms with Crippen molar-refractivity contribution >= 4 is 5.91 Å². The van der Waals surface area contributed by atoms with Crippen LogP contribution in [0, 0.1) is 0 Å². The number of nitrogens with one attached hydrogen (secondary N) is 1. The first-order chi connectivity index (χ1) is 12.3. The molecule has 0 saturated carbocycles. The molecular formula is C18H18N6O. The molecule has 4 rings (SSSR count). The van der Waals surface area contributed by atoms with E-state index in [1.54, 1.807) is 31.0 Å². The number of aromatic nitrogens is 5. The van der Waals surface area contributed by atoms with Gasteiger partial charge in [0.05, 0.1) is 5.69 Å². The molecule has 1 aliphatic rings. The molecule has 7 nitrogen and oxygen atoms in total. The third-order valence-corrected chi connectivity index (χ3v) is 4.50. The lowest BCUT2D eigenvalue weighted by atomic mass is 9.94. The zero-order valence-corrected chi connectivity index (χ0v) is 13.7. The van der Waals surface area contributed by atoms with Crippen molar-refractivity contribution in [2.75, 3.05) is 13.1 Å². The molecule has 126 valence electrons. The zero-order chi connectivity index (χ0) is 17.1. The van der Waals surface area contributed by atoms with Crippen LogP contribution >= 0.6 is 0 Å². The lowest BCUT2D eigenvalue weighted by molar-refractivity contribution is 0.0700. The Hall–Kier alpha value is -3.09. The lowest BCUT2D eigenvalue weighted by Crippen LogP contribution is -2.39. The minimum atomic E-state index is -0.0265. The average Bonchev–Trinajstić information content (AvgIpc) is 3.19. The molecule has 25 heavy (non-hydrogen) atoms. The van der Waals surface area contributed by atoms with Crippen LogP contribution < -0.4 is 0 Å². The molecule has 0 bridgehead atoms. The highest BCUT2D eigenvalue weighted by Gasteiger charge is 2.27. The van der Waals surface area contributed by atoms with Gasteiger partial charge in [-0.15, -0.1) is 0 Å². The quantitative estimate of drug-likeness (QED) is 0.794. The smallest absolute Gasteiger partial charge is 0.271 e. The SMILES string of the molecule is O=C(c1cc(-c2cccnc2)n[nH]1)N1CCCC(c2ccncn2)C1. The summed E-state index contributed by atoms with van der Waals surface area (Å²) in [4.78, 5) is 27.1. The molecule has 3 aromatic rings. The number of carbonyl (C=O) groups is 1. The fraction of sp³-hybridized carbons (Fsp3) is 0.278. The van der Waals surface area contributed by atoms with Crippen LogP contribution in [0.25, 0.3) is 11.3 Å². The van der Waals surface area contributed by atoms with Crippen molar-refractivity contribution in [3.05, 3.63) is 60.6 Å². The van der Waals surface area contributed by atoms with E-state index in [0.717, 1.165) is 36.3 Å². The Balaban J connectivity index is 1.50. The van der Waals surface area contributed by atoms with Crippen molar-refractivity contribution in [3.8, 4) is 11.3 Å². The summed E-state index contributed by atoms with van der Waals surface area (Å²) >= 11 is 0. The summed E-state index contributed by atoms with van der Waals surface area (Å²) in [6.07, 6.45) is 8.75. The van der Waals surface area contributed by atoms with Crippen LogP contribution in [0.5, 0.6) is 0 Å². The van der Waals surface area contributed by atoms with Crippen molar-refractivity contribution in [1.29, 1.82) is 0 Å². The highest BCUT2D eigenvalue weighted by atomic mass is 16.2. The van der Waals surface area contributed by atoms with Crippen LogP contribution in [0.3, 0.4) is 0 Å². The van der Waals surface area contributed by atoms with E-state index in [2.05, 4.69) is 25.1 Å². The van der Waals surface area contributed by atoms with E-state index < -0.39 is 0 Å². The second kappa shape index (κ2) is 6.80. The Morgan fingerprint density at radius 3 is 3.00 bits per heavy atom. The molecule has 1 N–H and O–H groups in total. The average molecular weight is 334 g/mol. The van der Waals surface area contributed by atoms with E-state index >= 15 is 0 Å². The van der Waals surface area contributed by atoms with Gasteiger partial charge in [-0.1, -0.05) is 0 Å². The highest BCUT2D eigenvalue weighted by molar-refractivity contribution is 5.93. The molecule has 1 atom stereocenters. The van der Waals surface area contributed by atoms with Crippen molar-refractivity contribution in [2.24, 2.45) is 0 Å². The molecule has 1 aliphatic heterocycles. The Kier molecular flexibility index (Phi) is 4.20. The van der Waals surface area contributed by atoms with Crippen LogP contribution in [-0.4, -0.2) is 49.0 Å². The molecule has 1 amide bonds. The van der Waals surface area contributed by atoms with Crippen LogP contribution in [0.1, 0.15) is 34.9 Å². The number of hydrogen-bond acceptors (Lipinski definition) is 5. The second-order valence-corrected chi connectivity index (χ2v) is 6.13. The predicted molar refractivity (Wildman–Crippen MR) is 91.7 cm³/mol. The third-order valence-electron chi connectivity index (χ3n) is 4.50. The largest absolute Gasteiger partial charge is 0.337 e. The van der Waals surface area contributed by atoms with Gasteiger partial charge in [-0.05, 0) is 37.1 Å². The van der Waals surface area contributed by atoms with E-state index in [9.17, 15) is 4.79 Å². The number of rotatable bonds is 3. The molecule has 3 aromatic heterocycles. The third kappa shape index (κ3) is 3.26. The van der Waals surface area contributed by atoms with Crippen LogP contribution in [0.2, 0.25) is 0 Å². The topological polar surface area (TPSA) is 87.7 Å². The Morgan fingerprint density at radius 1 is 1.24 bits per heavy atom. The number of amides is 1. The zero-order valence-electron chi connectivity index (χ0n) is 13.7. The van der Waals surface area contributed by atoms with Crippen molar-refractivity contribution in [2.45, 2.75) is 18.8 Å². The van der Waals surface area contributed by atoms with Gasteiger partial charge in [0.25, 0.3) is 5.91 Å². The van der Waals surface area contributed by atoms with E-state index in [0.29, 0.717) is 12.2 Å². The molecule has 7 heteroatoms. The van der Waals surface area contributed by atoms with E-state index in [1.165, 1.54) is 0 Å². The second-order valence-electron chi connectivity index (χ2n) is 6.13. The van der Waals surface area contributed by atoms with E-state index in [4.69, 9.17) is 0 Å². The number of nitrogens with zero attached hydrogens (tertiary/aromatic N) is 5. The predicted octanol–water partition coefficient (Wildman–Crippen LogP) is 2.28. The van der Waals surface area contributed by atoms with Crippen molar-refractivity contribution in [1.82, 2.24) is 30.0 Å². The normalized spacial score (nSPS) is 17.4. The fourth-order valence-electron chi connectivity index (χ4n) is 3.21. The minimum absolute atomic E-state index is 0.0265. The van der Waals surface area contributed by atoms with Crippen LogP contribution in [0.4, 0.5) is 0 Å². The van der Waals surface area contributed by atoms with Gasteiger partial charge in [0.15, 0.2) is 0 Å². The van der Waals surface area contributed by atoms with Gasteiger partial charge < -0.3 is 4.90 Å². The van der Waals surface area contributed by atoms with Gasteiger partial charge in [0.2, 0.25) is 0 Å². The number of carbonyl (C=O) groups excluding carboxylic acids is 1. The maximum atomic E-state index is 12.8. The molecule has 0 spiro atoms. The van der Waals surface area contributed by atoms with Gasteiger partial charge in [0, 0.05) is 48.9 Å². The van der Waals surface area contributed by atoms with Gasteiger partial charge in [-0.2, -0.15) is 5.10 Å². The van der Waals surface area contributed by atoms with E-state index in [-0.39, 0.29) is 11.8 Å². The molecule has 1 saturated heterocycles. The number of likely N-dealkylation sites (tertiary alicyclic amines) is 1. The first-order valence-electron chi connectivity index (χ1n) is 8.32. The molecule has 0 radical (unpaired) electrons. The first-order valence-corrected chi connectivity index (χ1v) is 8.32. The molecular weight excluding hydrogens is 316 g/mol. The number of hydrogen-bond donors (Lipinski definition) is 1. The summed E-state index contributed by atoms with van der Waals surface area (Å²) in [6, 6.07) is 7.48. The number of piperidine rings is 1. The number of aromatic amines is 1. The van der Waals surface area contributed by atoms with Crippen molar-refractivity contribution in [3.63, 3.8) is 0 Å². The maximum Gasteiger partial charge on any atom is 0.271 e. The summed E-state index contributed by atoms with van der Waals surface area (Å²) in [5.74, 6) is 0.225. The van der Waals surface area contributed by atoms with E-state index in [1.807, 2.05) is 23.1 Å². The lowest BCUT2D eigenvalue weighted by Gasteiger charge is -2.32. The van der Waals surface area contributed by atoms with Crippen molar-refractivity contribution < 1.29 is 4.79 Å². The molecule has 1 fully saturated rings. The Bertz CT molecular complexity index is 848. The summed E-state index contributed by atoms with van der Waals surface area (Å²) in [5.41, 5.74) is 3.10. The molecule has 0 aliphatic carbocycles. The monoisotopic (exact) mass is 334 g/mol.